The highest BCUT2D eigenvalue weighted by molar-refractivity contribution is 7.89. The Morgan fingerprint density at radius 3 is 2.62 bits per heavy atom. The third kappa shape index (κ3) is 3.22. The molecule has 2 atom stereocenters. The Morgan fingerprint density at radius 1 is 1.15 bits per heavy atom. The lowest BCUT2D eigenvalue weighted by atomic mass is 10.1. The zero-order valence-corrected chi connectivity index (χ0v) is 16.0. The Kier molecular flexibility index (Phi) is 4.69. The molecule has 1 saturated carbocycles. The van der Waals surface area contributed by atoms with Gasteiger partial charge >= 0.3 is 0 Å². The standard InChI is InChI=1S/C19H26N2O4S/c1-2-21-15-9-11-20(19(22)13-14-7-8-14)12-10-16(15)25-17-5-3-4-6-18(17)26(21,23)24/h3-6,14-16H,2,7-13H2,1H3/t15-,16-/m0/s1. The first kappa shape index (κ1) is 17.8. The van der Waals surface area contributed by atoms with E-state index in [0.29, 0.717) is 50.6 Å². The van der Waals surface area contributed by atoms with Gasteiger partial charge in [-0.2, -0.15) is 4.31 Å². The normalized spacial score (nSPS) is 28.3. The van der Waals surface area contributed by atoms with Crippen LogP contribution < -0.4 is 4.74 Å². The van der Waals surface area contributed by atoms with E-state index >= 15 is 0 Å². The Balaban J connectivity index is 1.61. The third-order valence-corrected chi connectivity index (χ3v) is 7.76. The monoisotopic (exact) mass is 378 g/mol. The second-order valence-electron chi connectivity index (χ2n) is 7.48. The molecule has 26 heavy (non-hydrogen) atoms. The topological polar surface area (TPSA) is 66.9 Å². The summed E-state index contributed by atoms with van der Waals surface area (Å²) in [6, 6.07) is 6.63. The number of likely N-dealkylation sites (N-methyl/N-ethyl adjacent to an activating group) is 1. The number of carbonyl (C=O) groups is 1. The molecule has 1 saturated heterocycles. The first-order valence-electron chi connectivity index (χ1n) is 9.56. The molecule has 7 heteroatoms. The zero-order valence-electron chi connectivity index (χ0n) is 15.1. The molecule has 2 fully saturated rings. The van der Waals surface area contributed by atoms with E-state index in [2.05, 4.69) is 0 Å². The molecule has 6 nitrogen and oxygen atoms in total. The van der Waals surface area contributed by atoms with Crippen LogP contribution in [0.1, 0.15) is 39.0 Å². The average molecular weight is 378 g/mol. The van der Waals surface area contributed by atoms with E-state index in [-0.39, 0.29) is 22.9 Å². The first-order chi connectivity index (χ1) is 12.5. The molecule has 0 N–H and O–H groups in total. The van der Waals surface area contributed by atoms with E-state index in [9.17, 15) is 13.2 Å². The summed E-state index contributed by atoms with van der Waals surface area (Å²) >= 11 is 0. The maximum atomic E-state index is 13.2. The van der Waals surface area contributed by atoms with Crippen LogP contribution in [0, 0.1) is 5.92 Å². The minimum Gasteiger partial charge on any atom is -0.487 e. The van der Waals surface area contributed by atoms with Gasteiger partial charge in [0.15, 0.2) is 0 Å². The number of nitrogens with zero attached hydrogens (tertiary/aromatic N) is 2. The van der Waals surface area contributed by atoms with Gasteiger partial charge in [0.2, 0.25) is 15.9 Å². The summed E-state index contributed by atoms with van der Waals surface area (Å²) in [6.45, 7) is 3.49. The number of rotatable bonds is 3. The molecule has 1 aliphatic carbocycles. The molecule has 3 aliphatic rings. The highest BCUT2D eigenvalue weighted by atomic mass is 32.2. The number of carbonyl (C=O) groups excluding carboxylic acids is 1. The van der Waals surface area contributed by atoms with Crippen LogP contribution in [0.4, 0.5) is 0 Å². The lowest BCUT2D eigenvalue weighted by Crippen LogP contribution is -2.47. The largest absolute Gasteiger partial charge is 0.487 e. The van der Waals surface area contributed by atoms with Gasteiger partial charge in [-0.15, -0.1) is 0 Å². The molecular formula is C19H26N2O4S. The number of para-hydroxylation sites is 1. The molecule has 0 unspecified atom stereocenters. The predicted octanol–water partition coefficient (Wildman–Crippen LogP) is 2.25. The highest BCUT2D eigenvalue weighted by Gasteiger charge is 2.43. The van der Waals surface area contributed by atoms with Gasteiger partial charge in [0.05, 0.1) is 6.04 Å². The minimum atomic E-state index is -3.60. The Morgan fingerprint density at radius 2 is 1.88 bits per heavy atom. The number of ether oxygens (including phenoxy) is 1. The molecule has 0 spiro atoms. The van der Waals surface area contributed by atoms with Gasteiger partial charge in [-0.25, -0.2) is 8.42 Å². The van der Waals surface area contributed by atoms with Crippen molar-refractivity contribution in [2.24, 2.45) is 5.92 Å². The van der Waals surface area contributed by atoms with Crippen LogP contribution in [0.3, 0.4) is 0 Å². The summed E-state index contributed by atoms with van der Waals surface area (Å²) < 4.78 is 34.1. The number of hydrogen-bond acceptors (Lipinski definition) is 4. The Labute approximate surface area is 155 Å². The van der Waals surface area contributed by atoms with E-state index in [1.165, 1.54) is 0 Å². The second kappa shape index (κ2) is 6.85. The number of hydrogen-bond donors (Lipinski definition) is 0. The third-order valence-electron chi connectivity index (χ3n) is 5.72. The van der Waals surface area contributed by atoms with Gasteiger partial charge in [-0.3, -0.25) is 4.79 Å². The van der Waals surface area contributed by atoms with Crippen molar-refractivity contribution < 1.29 is 17.9 Å². The molecule has 0 aromatic heterocycles. The smallest absolute Gasteiger partial charge is 0.247 e. The van der Waals surface area contributed by atoms with Gasteiger partial charge in [0.25, 0.3) is 0 Å². The van der Waals surface area contributed by atoms with Gasteiger partial charge in [0.1, 0.15) is 16.7 Å². The average Bonchev–Trinajstić information content (AvgIpc) is 3.44. The number of fused-ring (bicyclic) bond motifs is 2. The summed E-state index contributed by atoms with van der Waals surface area (Å²) in [5, 5.41) is 0. The molecule has 1 aromatic rings. The summed E-state index contributed by atoms with van der Waals surface area (Å²) in [5.41, 5.74) is 0. The van der Waals surface area contributed by atoms with Crippen LogP contribution in [-0.4, -0.2) is 55.3 Å². The summed E-state index contributed by atoms with van der Waals surface area (Å²) in [6.07, 6.45) is 3.99. The van der Waals surface area contributed by atoms with Crippen LogP contribution in [0.25, 0.3) is 0 Å². The molecule has 1 aromatic carbocycles. The fourth-order valence-electron chi connectivity index (χ4n) is 4.11. The van der Waals surface area contributed by atoms with Crippen molar-refractivity contribution >= 4 is 15.9 Å². The van der Waals surface area contributed by atoms with Gasteiger partial charge in [0, 0.05) is 32.5 Å². The van der Waals surface area contributed by atoms with Gasteiger partial charge in [-0.1, -0.05) is 19.1 Å². The molecule has 1 amide bonds. The van der Waals surface area contributed by atoms with Crippen LogP contribution in [-0.2, 0) is 14.8 Å². The van der Waals surface area contributed by atoms with Crippen molar-refractivity contribution in [1.29, 1.82) is 0 Å². The molecular weight excluding hydrogens is 352 g/mol. The molecule has 0 bridgehead atoms. The summed E-state index contributed by atoms with van der Waals surface area (Å²) in [7, 11) is -3.60. The fourth-order valence-corrected chi connectivity index (χ4v) is 5.92. The van der Waals surface area contributed by atoms with E-state index in [1.807, 2.05) is 11.8 Å². The highest BCUT2D eigenvalue weighted by Crippen LogP contribution is 2.37. The Hall–Kier alpha value is -1.60. The number of likely N-dealkylation sites (tertiary alicyclic amines) is 1. The van der Waals surface area contributed by atoms with E-state index in [4.69, 9.17) is 4.74 Å². The second-order valence-corrected chi connectivity index (χ2v) is 9.34. The van der Waals surface area contributed by atoms with Crippen molar-refractivity contribution in [2.45, 2.75) is 56.1 Å². The van der Waals surface area contributed by atoms with Crippen LogP contribution >= 0.6 is 0 Å². The predicted molar refractivity (Wildman–Crippen MR) is 97.4 cm³/mol. The maximum absolute atomic E-state index is 13.2. The van der Waals surface area contributed by atoms with E-state index in [1.54, 1.807) is 28.6 Å². The molecule has 142 valence electrons. The van der Waals surface area contributed by atoms with E-state index < -0.39 is 10.0 Å². The van der Waals surface area contributed by atoms with Crippen LogP contribution in [0.2, 0.25) is 0 Å². The molecule has 2 aliphatic heterocycles. The minimum absolute atomic E-state index is 0.204. The number of amides is 1. The van der Waals surface area contributed by atoms with Crippen molar-refractivity contribution in [2.75, 3.05) is 19.6 Å². The maximum Gasteiger partial charge on any atom is 0.247 e. The quantitative estimate of drug-likeness (QED) is 0.809. The summed E-state index contributed by atoms with van der Waals surface area (Å²) in [5.74, 6) is 1.19. The first-order valence-corrected chi connectivity index (χ1v) is 11.0. The molecule has 0 radical (unpaired) electrons. The molecule has 4 rings (SSSR count). The zero-order chi connectivity index (χ0) is 18.3. The van der Waals surface area contributed by atoms with Crippen molar-refractivity contribution in [3.63, 3.8) is 0 Å². The summed E-state index contributed by atoms with van der Waals surface area (Å²) in [4.78, 5) is 14.7. The lowest BCUT2D eigenvalue weighted by molar-refractivity contribution is -0.131. The van der Waals surface area contributed by atoms with Crippen LogP contribution in [0.15, 0.2) is 29.2 Å². The van der Waals surface area contributed by atoms with Crippen molar-refractivity contribution in [1.82, 2.24) is 9.21 Å². The fraction of sp³-hybridized carbons (Fsp3) is 0.632. The van der Waals surface area contributed by atoms with Gasteiger partial charge in [-0.05, 0) is 37.3 Å². The van der Waals surface area contributed by atoms with Crippen molar-refractivity contribution in [3.8, 4) is 5.75 Å². The number of sulfonamides is 1. The van der Waals surface area contributed by atoms with Gasteiger partial charge < -0.3 is 9.64 Å². The van der Waals surface area contributed by atoms with Crippen molar-refractivity contribution in [3.05, 3.63) is 24.3 Å². The van der Waals surface area contributed by atoms with Crippen LogP contribution in [0.5, 0.6) is 5.75 Å². The van der Waals surface area contributed by atoms with E-state index in [0.717, 1.165) is 12.8 Å². The SMILES string of the molecule is CCN1[C@H]2CCN(C(=O)CC3CC3)CC[C@@H]2Oc2ccccc2S1(=O)=O. The number of benzene rings is 1. The Bertz CT molecular complexity index is 790. The lowest BCUT2D eigenvalue weighted by Gasteiger charge is -2.30. The molecule has 2 heterocycles.